The third kappa shape index (κ3) is 4.95. The van der Waals surface area contributed by atoms with Crippen LogP contribution in [-0.4, -0.2) is 59.7 Å². The predicted octanol–water partition coefficient (Wildman–Crippen LogP) is 2.41. The van der Waals surface area contributed by atoms with E-state index in [2.05, 4.69) is 5.32 Å². The molecule has 1 aliphatic heterocycles. The molecule has 1 atom stereocenters. The minimum Gasteiger partial charge on any atom is -0.395 e. The summed E-state index contributed by atoms with van der Waals surface area (Å²) in [7, 11) is 0. The average molecular weight is 434 g/mol. The number of carbonyl (C=O) groups is 2. The van der Waals surface area contributed by atoms with Crippen molar-refractivity contribution in [2.75, 3.05) is 32.8 Å². The van der Waals surface area contributed by atoms with E-state index < -0.39 is 6.10 Å². The number of morpholine rings is 1. The second kappa shape index (κ2) is 9.89. The molecule has 1 saturated heterocycles. The van der Waals surface area contributed by atoms with Crippen LogP contribution in [0.1, 0.15) is 33.3 Å². The zero-order chi connectivity index (χ0) is 22.5. The highest BCUT2D eigenvalue weighted by atomic mass is 16.5. The van der Waals surface area contributed by atoms with Gasteiger partial charge in [-0.05, 0) is 24.6 Å². The summed E-state index contributed by atoms with van der Waals surface area (Å²) in [4.78, 5) is 32.1. The smallest absolute Gasteiger partial charge is 0.252 e. The highest BCUT2D eigenvalue weighted by Gasteiger charge is 2.27. The number of nitrogens with zero attached hydrogens (tertiary/aromatic N) is 2. The Kier molecular flexibility index (Phi) is 6.78. The van der Waals surface area contributed by atoms with Crippen molar-refractivity contribution in [1.82, 2.24) is 15.2 Å². The van der Waals surface area contributed by atoms with E-state index in [4.69, 9.17) is 14.8 Å². The molecule has 0 aliphatic carbocycles. The molecule has 2 amide bonds. The summed E-state index contributed by atoms with van der Waals surface area (Å²) in [5.74, 6) is -0.229. The third-order valence-electron chi connectivity index (χ3n) is 5.56. The van der Waals surface area contributed by atoms with E-state index in [1.165, 1.54) is 0 Å². The number of hydrogen-bond donors (Lipinski definition) is 2. The number of hydrogen-bond acceptors (Lipinski definition) is 5. The van der Waals surface area contributed by atoms with Crippen LogP contribution >= 0.6 is 0 Å². The number of fused-ring (bicyclic) bond motifs is 1. The fraction of sp³-hybridized carbons (Fsp3) is 0.320. The lowest BCUT2D eigenvalue weighted by molar-refractivity contribution is -0.138. The fourth-order valence-corrected chi connectivity index (χ4v) is 3.98. The van der Waals surface area contributed by atoms with Gasteiger partial charge < -0.3 is 20.1 Å². The van der Waals surface area contributed by atoms with E-state index in [1.54, 1.807) is 11.0 Å². The maximum Gasteiger partial charge on any atom is 0.252 e. The van der Waals surface area contributed by atoms with Crippen LogP contribution < -0.4 is 5.32 Å². The van der Waals surface area contributed by atoms with Crippen LogP contribution in [0, 0.1) is 6.92 Å². The quantitative estimate of drug-likeness (QED) is 0.623. The number of para-hydroxylation sites is 1. The van der Waals surface area contributed by atoms with Gasteiger partial charge in [0, 0.05) is 18.5 Å². The number of ether oxygens (including phenoxy) is 1. The first kappa shape index (κ1) is 21.9. The number of carbonyl (C=O) groups excluding carboxylic acids is 2. The molecule has 7 nitrogen and oxygen atoms in total. The van der Waals surface area contributed by atoms with Gasteiger partial charge in [0.1, 0.15) is 6.10 Å². The molecule has 2 heterocycles. The zero-order valence-electron chi connectivity index (χ0n) is 18.1. The van der Waals surface area contributed by atoms with E-state index in [0.717, 1.165) is 16.5 Å². The molecule has 2 aromatic carbocycles. The van der Waals surface area contributed by atoms with Crippen LogP contribution in [0.25, 0.3) is 10.9 Å². The van der Waals surface area contributed by atoms with Crippen molar-refractivity contribution in [1.29, 1.82) is 0 Å². The largest absolute Gasteiger partial charge is 0.395 e. The fourth-order valence-electron chi connectivity index (χ4n) is 3.98. The number of pyridine rings is 1. The predicted molar refractivity (Wildman–Crippen MR) is 121 cm³/mol. The molecule has 0 radical (unpaired) electrons. The molecule has 1 aliphatic rings. The average Bonchev–Trinajstić information content (AvgIpc) is 2.82. The highest BCUT2D eigenvalue weighted by molar-refractivity contribution is 6.06. The normalized spacial score (nSPS) is 16.2. The third-order valence-corrected chi connectivity index (χ3v) is 5.56. The molecule has 32 heavy (non-hydrogen) atoms. The number of nitrogens with one attached hydrogen (secondary N) is 1. The van der Waals surface area contributed by atoms with E-state index in [9.17, 15) is 9.59 Å². The Morgan fingerprint density at radius 3 is 2.84 bits per heavy atom. The summed E-state index contributed by atoms with van der Waals surface area (Å²) in [6.45, 7) is 3.37. The van der Waals surface area contributed by atoms with E-state index >= 15 is 0 Å². The lowest BCUT2D eigenvalue weighted by Gasteiger charge is -2.33. The van der Waals surface area contributed by atoms with Crippen LogP contribution in [0.3, 0.4) is 0 Å². The van der Waals surface area contributed by atoms with Gasteiger partial charge in [-0.2, -0.15) is 0 Å². The Bertz CT molecular complexity index is 1130. The Balaban J connectivity index is 1.56. The van der Waals surface area contributed by atoms with Gasteiger partial charge in [-0.25, -0.2) is 4.98 Å². The number of aliphatic hydroxyl groups is 1. The maximum absolute atomic E-state index is 12.9. The second-order valence-electron chi connectivity index (χ2n) is 7.96. The summed E-state index contributed by atoms with van der Waals surface area (Å²) in [5.41, 5.74) is 3.90. The minimum atomic E-state index is -0.417. The number of benzene rings is 2. The first-order valence-electron chi connectivity index (χ1n) is 10.8. The summed E-state index contributed by atoms with van der Waals surface area (Å²) in [6, 6.07) is 17.1. The molecule has 166 valence electrons. The molecule has 0 saturated carbocycles. The molecular weight excluding hydrogens is 406 g/mol. The van der Waals surface area contributed by atoms with Gasteiger partial charge in [-0.1, -0.05) is 48.0 Å². The molecule has 2 N–H and O–H groups in total. The number of amides is 2. The maximum atomic E-state index is 12.9. The van der Waals surface area contributed by atoms with Gasteiger partial charge in [0.05, 0.1) is 43.0 Å². The topological polar surface area (TPSA) is 91.8 Å². The Labute approximate surface area is 187 Å². The van der Waals surface area contributed by atoms with Crippen molar-refractivity contribution in [2.24, 2.45) is 0 Å². The lowest BCUT2D eigenvalue weighted by Crippen LogP contribution is -2.43. The van der Waals surface area contributed by atoms with Crippen LogP contribution in [-0.2, 0) is 16.0 Å². The van der Waals surface area contributed by atoms with Crippen LogP contribution in [0.2, 0.25) is 0 Å². The zero-order valence-corrected chi connectivity index (χ0v) is 18.1. The van der Waals surface area contributed by atoms with Gasteiger partial charge in [-0.3, -0.25) is 9.59 Å². The van der Waals surface area contributed by atoms with Crippen molar-refractivity contribution >= 4 is 22.7 Å². The lowest BCUT2D eigenvalue weighted by atomic mass is 10.0. The Hall–Kier alpha value is -3.29. The number of rotatable bonds is 6. The Morgan fingerprint density at radius 2 is 2.03 bits per heavy atom. The number of aromatic nitrogens is 1. The molecular formula is C25H27N3O4. The molecule has 7 heteroatoms. The standard InChI is InChI=1S/C25H27N3O4/c1-17-5-4-6-18(13-17)14-24(30)28-10-12-32-23(16-28)22-15-20(25(31)26-9-11-29)19-7-2-3-8-21(19)27-22/h2-8,13,15,23,29H,9-12,14,16H2,1H3,(H,26,31)/t23-/m1/s1. The van der Waals surface area contributed by atoms with Gasteiger partial charge in [0.2, 0.25) is 5.91 Å². The van der Waals surface area contributed by atoms with Crippen LogP contribution in [0.15, 0.2) is 54.6 Å². The monoisotopic (exact) mass is 433 g/mol. The first-order valence-corrected chi connectivity index (χ1v) is 10.8. The number of aliphatic hydroxyl groups excluding tert-OH is 1. The van der Waals surface area contributed by atoms with E-state index in [0.29, 0.717) is 42.9 Å². The first-order chi connectivity index (χ1) is 15.5. The second-order valence-corrected chi connectivity index (χ2v) is 7.96. The van der Waals surface area contributed by atoms with Crippen molar-refractivity contribution in [3.05, 3.63) is 77.0 Å². The molecule has 0 bridgehead atoms. The van der Waals surface area contributed by atoms with Crippen molar-refractivity contribution in [3.63, 3.8) is 0 Å². The molecule has 4 rings (SSSR count). The summed E-state index contributed by atoms with van der Waals surface area (Å²) in [6.07, 6.45) is -0.0758. The minimum absolute atomic E-state index is 0.0469. The van der Waals surface area contributed by atoms with Crippen LogP contribution in [0.5, 0.6) is 0 Å². The molecule has 1 fully saturated rings. The molecule has 3 aromatic rings. The molecule has 0 unspecified atom stereocenters. The highest BCUT2D eigenvalue weighted by Crippen LogP contribution is 2.26. The summed E-state index contributed by atoms with van der Waals surface area (Å²) < 4.78 is 5.95. The number of aryl methyl sites for hydroxylation is 1. The SMILES string of the molecule is Cc1cccc(CC(=O)N2CCO[C@@H](c3cc(C(=O)NCCO)c4ccccc4n3)C2)c1. The van der Waals surface area contributed by atoms with Crippen molar-refractivity contribution in [2.45, 2.75) is 19.4 Å². The van der Waals surface area contributed by atoms with Crippen LogP contribution in [0.4, 0.5) is 0 Å². The molecule has 0 spiro atoms. The van der Waals surface area contributed by atoms with Gasteiger partial charge in [-0.15, -0.1) is 0 Å². The summed E-state index contributed by atoms with van der Waals surface area (Å²) >= 11 is 0. The van der Waals surface area contributed by atoms with Gasteiger partial charge in [0.25, 0.3) is 5.91 Å². The van der Waals surface area contributed by atoms with Crippen molar-refractivity contribution in [3.8, 4) is 0 Å². The molecule has 1 aromatic heterocycles. The van der Waals surface area contributed by atoms with Crippen molar-refractivity contribution < 1.29 is 19.4 Å². The van der Waals surface area contributed by atoms with Gasteiger partial charge >= 0.3 is 0 Å². The Morgan fingerprint density at radius 1 is 1.19 bits per heavy atom. The van der Waals surface area contributed by atoms with E-state index in [-0.39, 0.29) is 25.0 Å². The van der Waals surface area contributed by atoms with Gasteiger partial charge in [0.15, 0.2) is 0 Å². The summed E-state index contributed by atoms with van der Waals surface area (Å²) in [5, 5.41) is 12.5. The van der Waals surface area contributed by atoms with E-state index in [1.807, 2.05) is 55.5 Å².